The lowest BCUT2D eigenvalue weighted by Gasteiger charge is -2.13. The highest BCUT2D eigenvalue weighted by molar-refractivity contribution is 7.99. The van der Waals surface area contributed by atoms with Crippen molar-refractivity contribution in [1.82, 2.24) is 9.55 Å². The van der Waals surface area contributed by atoms with Gasteiger partial charge < -0.3 is 9.73 Å². The Labute approximate surface area is 205 Å². The fourth-order valence-electron chi connectivity index (χ4n) is 3.83. The fourth-order valence-corrected chi connectivity index (χ4v) is 4.63. The Balaban J connectivity index is 1.44. The van der Waals surface area contributed by atoms with Crippen LogP contribution in [0, 0.1) is 18.3 Å². The number of para-hydroxylation sites is 2. The first-order valence-electron chi connectivity index (χ1n) is 10.9. The van der Waals surface area contributed by atoms with Crippen LogP contribution >= 0.6 is 11.8 Å². The Morgan fingerprint density at radius 1 is 1.06 bits per heavy atom. The summed E-state index contributed by atoms with van der Waals surface area (Å²) in [5, 5.41) is 13.8. The number of carbonyl (C=O) groups is 1. The molecule has 0 saturated carbocycles. The van der Waals surface area contributed by atoms with E-state index >= 15 is 0 Å². The van der Waals surface area contributed by atoms with Crippen LogP contribution in [0.25, 0.3) is 21.9 Å². The molecule has 0 saturated heterocycles. The second kappa shape index (κ2) is 9.49. The van der Waals surface area contributed by atoms with Gasteiger partial charge in [-0.2, -0.15) is 5.26 Å². The van der Waals surface area contributed by atoms with E-state index in [1.807, 2.05) is 55.5 Å². The average Bonchev–Trinajstić information content (AvgIpc) is 3.23. The fraction of sp³-hybridized carbons (Fsp3) is 0.111. The lowest BCUT2D eigenvalue weighted by atomic mass is 10.1. The Morgan fingerprint density at radius 2 is 1.77 bits per heavy atom. The highest BCUT2D eigenvalue weighted by Gasteiger charge is 2.18. The van der Waals surface area contributed by atoms with Crippen LogP contribution in [0.5, 0.6) is 0 Å². The minimum atomic E-state index is -0.331. The largest absolute Gasteiger partial charge is 0.443 e. The summed E-state index contributed by atoms with van der Waals surface area (Å²) < 4.78 is 7.13. The zero-order chi connectivity index (χ0) is 24.4. The number of fused-ring (bicyclic) bond motifs is 2. The molecule has 0 spiro atoms. The molecular formula is C27H20N4O3S. The van der Waals surface area contributed by atoms with Gasteiger partial charge in [0.1, 0.15) is 17.3 Å². The Hall–Kier alpha value is -4.35. The van der Waals surface area contributed by atoms with Crippen molar-refractivity contribution < 1.29 is 9.21 Å². The van der Waals surface area contributed by atoms with E-state index in [1.54, 1.807) is 34.9 Å². The van der Waals surface area contributed by atoms with Gasteiger partial charge in [0.2, 0.25) is 11.7 Å². The van der Waals surface area contributed by atoms with Crippen molar-refractivity contribution in [3.8, 4) is 6.07 Å². The number of nitrogens with one attached hydrogen (secondary N) is 1. The molecule has 172 valence electrons. The van der Waals surface area contributed by atoms with E-state index in [0.717, 1.165) is 11.1 Å². The molecule has 0 atom stereocenters. The molecular weight excluding hydrogens is 460 g/mol. The molecule has 7 nitrogen and oxygen atoms in total. The molecule has 0 bridgehead atoms. The minimum absolute atomic E-state index is 0.00303. The first-order valence-corrected chi connectivity index (χ1v) is 11.9. The smallest absolute Gasteiger partial charge is 0.262 e. The van der Waals surface area contributed by atoms with Gasteiger partial charge in [0.15, 0.2) is 5.16 Å². The molecule has 0 aliphatic carbocycles. The van der Waals surface area contributed by atoms with Crippen LogP contribution < -0.4 is 10.9 Å². The Kier molecular flexibility index (Phi) is 6.08. The van der Waals surface area contributed by atoms with Crippen LogP contribution in [0.15, 0.2) is 87.2 Å². The number of hydrogen-bond acceptors (Lipinski definition) is 6. The van der Waals surface area contributed by atoms with Gasteiger partial charge in [-0.15, -0.1) is 0 Å². The van der Waals surface area contributed by atoms with Crippen molar-refractivity contribution in [1.29, 1.82) is 5.26 Å². The summed E-state index contributed by atoms with van der Waals surface area (Å²) in [7, 11) is 0. The Bertz CT molecular complexity index is 1660. The first kappa shape index (κ1) is 22.4. The molecule has 0 fully saturated rings. The van der Waals surface area contributed by atoms with E-state index in [2.05, 4.69) is 10.3 Å². The predicted octanol–water partition coefficient (Wildman–Crippen LogP) is 5.10. The van der Waals surface area contributed by atoms with Crippen LogP contribution in [0.4, 0.5) is 5.69 Å². The second-order valence-electron chi connectivity index (χ2n) is 8.04. The van der Waals surface area contributed by atoms with Gasteiger partial charge >= 0.3 is 0 Å². The van der Waals surface area contributed by atoms with E-state index in [9.17, 15) is 14.9 Å². The third-order valence-electron chi connectivity index (χ3n) is 5.58. The average molecular weight is 481 g/mol. The summed E-state index contributed by atoms with van der Waals surface area (Å²) in [5.74, 6) is -0.282. The summed E-state index contributed by atoms with van der Waals surface area (Å²) in [6, 6.07) is 24.2. The van der Waals surface area contributed by atoms with Crippen LogP contribution in [-0.2, 0) is 11.3 Å². The summed E-state index contributed by atoms with van der Waals surface area (Å²) >= 11 is 1.17. The van der Waals surface area contributed by atoms with E-state index in [1.165, 1.54) is 11.8 Å². The minimum Gasteiger partial charge on any atom is -0.443 e. The number of aryl methyl sites for hydroxylation is 1. The quantitative estimate of drug-likeness (QED) is 0.268. The molecule has 3 aromatic carbocycles. The van der Waals surface area contributed by atoms with Gasteiger partial charge in [0.25, 0.3) is 5.56 Å². The van der Waals surface area contributed by atoms with Crippen molar-refractivity contribution in [2.75, 3.05) is 11.1 Å². The first-order chi connectivity index (χ1) is 17.0. The highest BCUT2D eigenvalue weighted by Crippen LogP contribution is 2.30. The molecule has 0 aliphatic heterocycles. The summed E-state index contributed by atoms with van der Waals surface area (Å²) in [5.41, 5.74) is 3.38. The van der Waals surface area contributed by atoms with Crippen molar-refractivity contribution >= 4 is 45.2 Å². The van der Waals surface area contributed by atoms with Crippen molar-refractivity contribution in [3.05, 3.63) is 100 Å². The maximum atomic E-state index is 13.3. The van der Waals surface area contributed by atoms with E-state index in [0.29, 0.717) is 39.3 Å². The highest BCUT2D eigenvalue weighted by atomic mass is 32.2. The topological polar surface area (TPSA) is 101 Å². The maximum Gasteiger partial charge on any atom is 0.262 e. The number of nitrogens with zero attached hydrogens (tertiary/aromatic N) is 3. The molecule has 35 heavy (non-hydrogen) atoms. The predicted molar refractivity (Wildman–Crippen MR) is 137 cm³/mol. The lowest BCUT2D eigenvalue weighted by molar-refractivity contribution is -0.113. The lowest BCUT2D eigenvalue weighted by Crippen LogP contribution is -2.25. The molecule has 1 amide bonds. The number of anilines is 1. The number of benzene rings is 3. The summed E-state index contributed by atoms with van der Waals surface area (Å²) in [6.07, 6.45) is 0. The van der Waals surface area contributed by atoms with Crippen LogP contribution in [0.1, 0.15) is 16.9 Å². The third kappa shape index (κ3) is 4.54. The molecule has 8 heteroatoms. The number of rotatable bonds is 6. The molecule has 0 radical (unpaired) electrons. The maximum absolute atomic E-state index is 13.3. The SMILES string of the molecule is Cc1ccc(Cn2c(SCC(=O)Nc3c(C#N)oc4ccccc34)nc3ccccc3c2=O)cc1. The molecule has 2 heterocycles. The van der Waals surface area contributed by atoms with Gasteiger partial charge in [-0.25, -0.2) is 4.98 Å². The van der Waals surface area contributed by atoms with Crippen molar-refractivity contribution in [3.63, 3.8) is 0 Å². The van der Waals surface area contributed by atoms with E-state index < -0.39 is 0 Å². The van der Waals surface area contributed by atoms with Gasteiger partial charge in [-0.1, -0.05) is 65.9 Å². The van der Waals surface area contributed by atoms with Gasteiger partial charge in [-0.05, 0) is 36.8 Å². The summed E-state index contributed by atoms with van der Waals surface area (Å²) in [4.78, 5) is 30.8. The monoisotopic (exact) mass is 480 g/mol. The number of aromatic nitrogens is 2. The second-order valence-corrected chi connectivity index (χ2v) is 8.98. The number of thioether (sulfide) groups is 1. The van der Waals surface area contributed by atoms with Crippen molar-refractivity contribution in [2.24, 2.45) is 0 Å². The van der Waals surface area contributed by atoms with Gasteiger partial charge in [0.05, 0.1) is 23.2 Å². The van der Waals surface area contributed by atoms with Crippen LogP contribution in [0.2, 0.25) is 0 Å². The van der Waals surface area contributed by atoms with E-state index in [4.69, 9.17) is 4.42 Å². The third-order valence-corrected chi connectivity index (χ3v) is 6.56. The number of amides is 1. The zero-order valence-electron chi connectivity index (χ0n) is 18.8. The number of hydrogen-bond donors (Lipinski definition) is 1. The molecule has 0 unspecified atom stereocenters. The molecule has 5 aromatic rings. The molecule has 0 aliphatic rings. The van der Waals surface area contributed by atoms with Crippen molar-refractivity contribution in [2.45, 2.75) is 18.6 Å². The van der Waals surface area contributed by atoms with Gasteiger partial charge in [-0.3, -0.25) is 14.2 Å². The van der Waals surface area contributed by atoms with E-state index in [-0.39, 0.29) is 23.0 Å². The standard InChI is InChI=1S/C27H20N4O3S/c1-17-10-12-18(13-11-17)15-31-26(33)19-6-2-4-8-21(19)29-27(31)35-16-24(32)30-25-20-7-3-5-9-22(20)34-23(25)14-28/h2-13H,15-16H2,1H3,(H,30,32). The summed E-state index contributed by atoms with van der Waals surface area (Å²) in [6.45, 7) is 2.35. The van der Waals surface area contributed by atoms with Crippen LogP contribution in [0.3, 0.4) is 0 Å². The van der Waals surface area contributed by atoms with Gasteiger partial charge in [0, 0.05) is 5.39 Å². The normalized spacial score (nSPS) is 11.0. The zero-order valence-corrected chi connectivity index (χ0v) is 19.6. The molecule has 5 rings (SSSR count). The molecule has 2 aromatic heterocycles. The number of carbonyl (C=O) groups excluding carboxylic acids is 1. The van der Waals surface area contributed by atoms with Crippen LogP contribution in [-0.4, -0.2) is 21.2 Å². The molecule has 1 N–H and O–H groups in total. The Morgan fingerprint density at radius 3 is 2.54 bits per heavy atom. The number of furan rings is 1. The number of nitriles is 1.